The molecule has 1 amide bonds. The molecule has 0 spiro atoms. The molecule has 0 atom stereocenters. The van der Waals surface area contributed by atoms with Gasteiger partial charge in [0.15, 0.2) is 0 Å². The van der Waals surface area contributed by atoms with E-state index in [2.05, 4.69) is 58.0 Å². The Hall–Kier alpha value is -1.49. The standard InChI is InChI=1S/C22H22Cl2IN3O3S/c1-13(2)16-11-15(25)6-7-18(16)26-20(29)12-32-22-28-27-21(31-22)4-3-9-30-19-8-5-14(23)10-17(19)24/h5-8,10-11,13H,3-4,9,12H2,1-2H3,(H,26,29). The van der Waals surface area contributed by atoms with Crippen LogP contribution >= 0.6 is 57.6 Å². The van der Waals surface area contributed by atoms with Crippen molar-refractivity contribution in [2.75, 3.05) is 17.7 Å². The first-order chi connectivity index (χ1) is 15.3. The molecule has 6 nitrogen and oxygen atoms in total. The van der Waals surface area contributed by atoms with Crippen LogP contribution in [-0.4, -0.2) is 28.5 Å². The van der Waals surface area contributed by atoms with Crippen LogP contribution in [0, 0.1) is 3.57 Å². The Labute approximate surface area is 214 Å². The highest BCUT2D eigenvalue weighted by Gasteiger charge is 2.13. The van der Waals surface area contributed by atoms with E-state index in [1.54, 1.807) is 18.2 Å². The number of carbonyl (C=O) groups excluding carboxylic acids is 1. The third-order valence-electron chi connectivity index (χ3n) is 4.37. The summed E-state index contributed by atoms with van der Waals surface area (Å²) in [5.74, 6) is 1.46. The molecule has 0 bridgehead atoms. The monoisotopic (exact) mass is 605 g/mol. The van der Waals surface area contributed by atoms with Crippen molar-refractivity contribution in [1.29, 1.82) is 0 Å². The lowest BCUT2D eigenvalue weighted by Crippen LogP contribution is -2.15. The van der Waals surface area contributed by atoms with Gasteiger partial charge in [0.1, 0.15) is 5.75 Å². The largest absolute Gasteiger partial charge is 0.492 e. The van der Waals surface area contributed by atoms with Crippen LogP contribution in [0.1, 0.15) is 37.6 Å². The molecule has 0 fully saturated rings. The van der Waals surface area contributed by atoms with Gasteiger partial charge in [0, 0.05) is 20.7 Å². The third-order valence-corrected chi connectivity index (χ3v) is 6.39. The van der Waals surface area contributed by atoms with Crippen LogP contribution in [0.3, 0.4) is 0 Å². The number of carbonyl (C=O) groups is 1. The molecule has 1 N–H and O–H groups in total. The zero-order chi connectivity index (χ0) is 23.1. The summed E-state index contributed by atoms with van der Waals surface area (Å²) in [5, 5.41) is 12.4. The van der Waals surface area contributed by atoms with Crippen molar-refractivity contribution in [3.63, 3.8) is 0 Å². The van der Waals surface area contributed by atoms with Crippen LogP contribution in [0.2, 0.25) is 10.0 Å². The van der Waals surface area contributed by atoms with Gasteiger partial charge in [-0.3, -0.25) is 4.79 Å². The van der Waals surface area contributed by atoms with E-state index in [-0.39, 0.29) is 11.7 Å². The minimum absolute atomic E-state index is 0.119. The quantitative estimate of drug-likeness (QED) is 0.155. The van der Waals surface area contributed by atoms with Crippen LogP contribution < -0.4 is 10.1 Å². The highest BCUT2D eigenvalue weighted by Crippen LogP contribution is 2.28. The normalized spacial score (nSPS) is 11.1. The highest BCUT2D eigenvalue weighted by atomic mass is 127. The van der Waals surface area contributed by atoms with E-state index >= 15 is 0 Å². The summed E-state index contributed by atoms with van der Waals surface area (Å²) in [5.41, 5.74) is 1.94. The van der Waals surface area contributed by atoms with Crippen molar-refractivity contribution in [2.24, 2.45) is 0 Å². The van der Waals surface area contributed by atoms with E-state index in [0.29, 0.717) is 52.3 Å². The maximum absolute atomic E-state index is 12.4. The average molecular weight is 606 g/mol. The van der Waals surface area contributed by atoms with Gasteiger partial charge >= 0.3 is 0 Å². The summed E-state index contributed by atoms with van der Waals surface area (Å²) in [6, 6.07) is 11.1. The smallest absolute Gasteiger partial charge is 0.277 e. The zero-order valence-electron chi connectivity index (χ0n) is 17.5. The van der Waals surface area contributed by atoms with Crippen molar-refractivity contribution in [1.82, 2.24) is 10.2 Å². The molecule has 0 saturated heterocycles. The average Bonchev–Trinajstić information content (AvgIpc) is 3.20. The number of aromatic nitrogens is 2. The number of ether oxygens (including phenoxy) is 1. The number of thioether (sulfide) groups is 1. The van der Waals surface area contributed by atoms with Gasteiger partial charge < -0.3 is 14.5 Å². The van der Waals surface area contributed by atoms with Gasteiger partial charge in [-0.2, -0.15) is 0 Å². The van der Waals surface area contributed by atoms with E-state index in [4.69, 9.17) is 32.4 Å². The molecule has 0 aliphatic rings. The zero-order valence-corrected chi connectivity index (χ0v) is 22.0. The second kappa shape index (κ2) is 12.1. The topological polar surface area (TPSA) is 77.2 Å². The van der Waals surface area contributed by atoms with Gasteiger partial charge in [-0.15, -0.1) is 10.2 Å². The number of hydrogen-bond acceptors (Lipinski definition) is 6. The van der Waals surface area contributed by atoms with Gasteiger partial charge in [0.2, 0.25) is 11.8 Å². The molecule has 10 heteroatoms. The molecule has 0 aliphatic carbocycles. The molecule has 170 valence electrons. The van der Waals surface area contributed by atoms with Gasteiger partial charge in [0.05, 0.1) is 17.4 Å². The number of aryl methyl sites for hydroxylation is 1. The molecule has 2 aromatic carbocycles. The third kappa shape index (κ3) is 7.54. The van der Waals surface area contributed by atoms with Crippen molar-refractivity contribution in [3.8, 4) is 5.75 Å². The van der Waals surface area contributed by atoms with Crippen LogP contribution in [0.5, 0.6) is 5.75 Å². The van der Waals surface area contributed by atoms with Crippen molar-refractivity contribution in [3.05, 3.63) is 61.5 Å². The number of hydrogen-bond donors (Lipinski definition) is 1. The predicted molar refractivity (Wildman–Crippen MR) is 137 cm³/mol. The first kappa shape index (κ1) is 25.1. The Morgan fingerprint density at radius 3 is 2.78 bits per heavy atom. The van der Waals surface area contributed by atoms with Crippen LogP contribution in [0.4, 0.5) is 5.69 Å². The Bertz CT molecular complexity index is 1080. The fourth-order valence-electron chi connectivity index (χ4n) is 2.83. The Kier molecular flexibility index (Phi) is 9.51. The lowest BCUT2D eigenvalue weighted by atomic mass is 10.0. The van der Waals surface area contributed by atoms with Gasteiger partial charge in [-0.1, -0.05) is 48.8 Å². The number of nitrogens with zero attached hydrogens (tertiary/aromatic N) is 2. The number of amides is 1. The molecule has 0 saturated carbocycles. The van der Waals surface area contributed by atoms with Gasteiger partial charge in [0.25, 0.3) is 5.22 Å². The number of rotatable bonds is 10. The molecule has 1 aromatic heterocycles. The van der Waals surface area contributed by atoms with Crippen LogP contribution in [0.15, 0.2) is 46.0 Å². The summed E-state index contributed by atoms with van der Waals surface area (Å²) in [7, 11) is 0. The van der Waals surface area contributed by atoms with E-state index < -0.39 is 0 Å². The second-order valence-electron chi connectivity index (χ2n) is 7.21. The molecular weight excluding hydrogens is 584 g/mol. The molecule has 3 aromatic rings. The summed E-state index contributed by atoms with van der Waals surface area (Å²) in [4.78, 5) is 12.4. The highest BCUT2D eigenvalue weighted by molar-refractivity contribution is 14.1. The number of anilines is 1. The number of nitrogens with one attached hydrogen (secondary N) is 1. The second-order valence-corrected chi connectivity index (χ2v) is 10.2. The Balaban J connectivity index is 1.43. The fourth-order valence-corrected chi connectivity index (χ4v) is 4.39. The molecule has 32 heavy (non-hydrogen) atoms. The first-order valence-corrected chi connectivity index (χ1v) is 12.8. The molecule has 0 radical (unpaired) electrons. The van der Waals surface area contributed by atoms with Crippen molar-refractivity contribution < 1.29 is 13.9 Å². The minimum Gasteiger partial charge on any atom is -0.492 e. The summed E-state index contributed by atoms with van der Waals surface area (Å²) < 4.78 is 12.4. The van der Waals surface area contributed by atoms with E-state index in [9.17, 15) is 4.79 Å². The minimum atomic E-state index is -0.119. The lowest BCUT2D eigenvalue weighted by molar-refractivity contribution is -0.113. The van der Waals surface area contributed by atoms with Gasteiger partial charge in [-0.25, -0.2) is 0 Å². The van der Waals surface area contributed by atoms with Crippen LogP contribution in [0.25, 0.3) is 0 Å². The summed E-state index contributed by atoms with van der Waals surface area (Å²) in [6.07, 6.45) is 1.24. The summed E-state index contributed by atoms with van der Waals surface area (Å²) >= 11 is 15.4. The van der Waals surface area contributed by atoms with E-state index in [0.717, 1.165) is 14.8 Å². The molecule has 3 rings (SSSR count). The van der Waals surface area contributed by atoms with Crippen LogP contribution in [-0.2, 0) is 11.2 Å². The van der Waals surface area contributed by atoms with E-state index in [1.807, 2.05) is 12.1 Å². The lowest BCUT2D eigenvalue weighted by Gasteiger charge is -2.14. The molecule has 0 unspecified atom stereocenters. The van der Waals surface area contributed by atoms with Crippen molar-refractivity contribution >= 4 is 69.1 Å². The Morgan fingerprint density at radius 1 is 1.22 bits per heavy atom. The SMILES string of the molecule is CC(C)c1cc(I)ccc1NC(=O)CSc1nnc(CCCOc2ccc(Cl)cc2Cl)o1. The first-order valence-electron chi connectivity index (χ1n) is 9.94. The molecular formula is C22H22Cl2IN3O3S. The van der Waals surface area contributed by atoms with Crippen molar-refractivity contribution in [2.45, 2.75) is 37.8 Å². The Morgan fingerprint density at radius 2 is 2.03 bits per heavy atom. The maximum Gasteiger partial charge on any atom is 0.277 e. The molecule has 1 heterocycles. The predicted octanol–water partition coefficient (Wildman–Crippen LogP) is 6.85. The number of benzene rings is 2. The summed E-state index contributed by atoms with van der Waals surface area (Å²) in [6.45, 7) is 4.65. The number of halogens is 3. The maximum atomic E-state index is 12.4. The van der Waals surface area contributed by atoms with Gasteiger partial charge in [-0.05, 0) is 76.9 Å². The van der Waals surface area contributed by atoms with E-state index in [1.165, 1.54) is 11.8 Å². The molecule has 0 aliphatic heterocycles. The fraction of sp³-hybridized carbons (Fsp3) is 0.318.